The Labute approximate surface area is 190 Å². The number of rotatable bonds is 5. The van der Waals surface area contributed by atoms with E-state index < -0.39 is 29.6 Å². The molecule has 1 saturated heterocycles. The molecule has 6 nitrogen and oxygen atoms in total. The maximum atomic E-state index is 15.9. The van der Waals surface area contributed by atoms with Gasteiger partial charge in [0.15, 0.2) is 5.82 Å². The van der Waals surface area contributed by atoms with Gasteiger partial charge in [0.1, 0.15) is 6.04 Å². The number of imide groups is 1. The van der Waals surface area contributed by atoms with Crippen molar-refractivity contribution in [3.63, 3.8) is 0 Å². The van der Waals surface area contributed by atoms with Crippen LogP contribution in [0.1, 0.15) is 73.7 Å². The van der Waals surface area contributed by atoms with E-state index in [1.165, 1.54) is 4.90 Å². The van der Waals surface area contributed by atoms with Crippen LogP contribution in [0, 0.1) is 11.7 Å². The number of carbonyl (C=O) groups is 3. The summed E-state index contributed by atoms with van der Waals surface area (Å²) in [5.74, 6) is -4.66. The average molecular weight is 464 g/mol. The Morgan fingerprint density at radius 1 is 1.06 bits per heavy atom. The van der Waals surface area contributed by atoms with Crippen LogP contribution in [-0.4, -0.2) is 47.2 Å². The number of anilines is 1. The van der Waals surface area contributed by atoms with Gasteiger partial charge >= 0.3 is 0 Å². The minimum absolute atomic E-state index is 0.0415. The van der Waals surface area contributed by atoms with Gasteiger partial charge in [-0.3, -0.25) is 19.7 Å². The lowest BCUT2D eigenvalue weighted by molar-refractivity contribution is -0.136. The van der Waals surface area contributed by atoms with Gasteiger partial charge in [-0.2, -0.15) is 0 Å². The summed E-state index contributed by atoms with van der Waals surface area (Å²) in [4.78, 5) is 40.0. The van der Waals surface area contributed by atoms with Gasteiger partial charge < -0.3 is 9.80 Å². The van der Waals surface area contributed by atoms with E-state index in [1.54, 1.807) is 12.1 Å². The lowest BCUT2D eigenvalue weighted by atomic mass is 9.80. The Morgan fingerprint density at radius 2 is 1.79 bits per heavy atom. The molecule has 33 heavy (non-hydrogen) atoms. The summed E-state index contributed by atoms with van der Waals surface area (Å²) < 4.78 is 42.8. The third kappa shape index (κ3) is 4.10. The van der Waals surface area contributed by atoms with E-state index in [2.05, 4.69) is 5.32 Å². The number of piperidine rings is 1. The van der Waals surface area contributed by atoms with Gasteiger partial charge in [-0.25, -0.2) is 13.2 Å². The van der Waals surface area contributed by atoms with Gasteiger partial charge in [0, 0.05) is 43.0 Å². The summed E-state index contributed by atoms with van der Waals surface area (Å²) >= 11 is 0. The maximum absolute atomic E-state index is 15.9. The molecule has 1 N–H and O–H groups in total. The van der Waals surface area contributed by atoms with Crippen molar-refractivity contribution < 1.29 is 27.6 Å². The van der Waals surface area contributed by atoms with Gasteiger partial charge in [0.2, 0.25) is 17.7 Å². The van der Waals surface area contributed by atoms with Crippen molar-refractivity contribution in [2.24, 2.45) is 5.92 Å². The van der Waals surface area contributed by atoms with Gasteiger partial charge in [-0.1, -0.05) is 19.3 Å². The van der Waals surface area contributed by atoms with E-state index in [4.69, 9.17) is 0 Å². The number of benzene rings is 1. The van der Waals surface area contributed by atoms with Crippen LogP contribution in [0.2, 0.25) is 0 Å². The first kappa shape index (κ1) is 22.2. The molecular formula is C24H28F3N3O3. The van der Waals surface area contributed by atoms with Gasteiger partial charge in [0.25, 0.3) is 5.91 Å². The molecule has 0 bridgehead atoms. The SMILES string of the molecule is O=C1CCC(N2Cc3c(ccc(N(CC4CC(F)(F)C4)C4CCCCC4)c3F)C2=O)C(=O)N1. The molecule has 3 fully saturated rings. The van der Waals surface area contributed by atoms with E-state index in [0.717, 1.165) is 32.1 Å². The summed E-state index contributed by atoms with van der Waals surface area (Å²) in [5.41, 5.74) is 0.815. The van der Waals surface area contributed by atoms with Crippen molar-refractivity contribution >= 4 is 23.4 Å². The zero-order valence-corrected chi connectivity index (χ0v) is 18.4. The number of halogens is 3. The number of alkyl halides is 2. The van der Waals surface area contributed by atoms with Crippen LogP contribution in [0.5, 0.6) is 0 Å². The summed E-state index contributed by atoms with van der Waals surface area (Å²) in [5, 5.41) is 2.25. The molecule has 2 aliphatic heterocycles. The fourth-order valence-corrected chi connectivity index (χ4v) is 5.84. The molecule has 178 valence electrons. The molecular weight excluding hydrogens is 435 g/mol. The molecule has 0 aromatic heterocycles. The van der Waals surface area contributed by atoms with Gasteiger partial charge in [-0.15, -0.1) is 0 Å². The predicted molar refractivity (Wildman–Crippen MR) is 114 cm³/mol. The summed E-state index contributed by atoms with van der Waals surface area (Å²) in [6, 6.07) is 2.46. The van der Waals surface area contributed by atoms with Crippen molar-refractivity contribution in [3.05, 3.63) is 29.1 Å². The molecule has 1 atom stereocenters. The van der Waals surface area contributed by atoms with Crippen LogP contribution >= 0.6 is 0 Å². The average Bonchev–Trinajstić information content (AvgIpc) is 3.09. The highest BCUT2D eigenvalue weighted by Crippen LogP contribution is 2.44. The Bertz CT molecular complexity index is 985. The number of fused-ring (bicyclic) bond motifs is 1. The highest BCUT2D eigenvalue weighted by Gasteiger charge is 2.47. The fourth-order valence-electron chi connectivity index (χ4n) is 5.84. The van der Waals surface area contributed by atoms with Crippen molar-refractivity contribution in [2.75, 3.05) is 11.4 Å². The number of nitrogens with zero attached hydrogens (tertiary/aromatic N) is 2. The largest absolute Gasteiger partial charge is 0.366 e. The second-order valence-electron chi connectivity index (χ2n) is 9.90. The first-order valence-corrected chi connectivity index (χ1v) is 11.8. The highest BCUT2D eigenvalue weighted by atomic mass is 19.3. The van der Waals surface area contributed by atoms with Crippen LogP contribution < -0.4 is 10.2 Å². The van der Waals surface area contributed by atoms with Crippen molar-refractivity contribution in [1.82, 2.24) is 10.2 Å². The van der Waals surface area contributed by atoms with E-state index >= 15 is 4.39 Å². The van der Waals surface area contributed by atoms with Crippen LogP contribution in [-0.2, 0) is 16.1 Å². The van der Waals surface area contributed by atoms with Crippen LogP contribution in [0.25, 0.3) is 0 Å². The number of nitrogens with one attached hydrogen (secondary N) is 1. The van der Waals surface area contributed by atoms with Gasteiger partial charge in [0.05, 0.1) is 12.2 Å². The molecule has 4 aliphatic rings. The number of hydrogen-bond acceptors (Lipinski definition) is 4. The molecule has 1 aromatic rings. The first-order valence-electron chi connectivity index (χ1n) is 11.8. The predicted octanol–water partition coefficient (Wildman–Crippen LogP) is 3.77. The molecule has 1 aromatic carbocycles. The summed E-state index contributed by atoms with van der Waals surface area (Å²) in [6.45, 7) is 0.334. The smallest absolute Gasteiger partial charge is 0.255 e. The molecule has 3 amide bonds. The standard InChI is InChI=1S/C24H28F3N3O3/c25-21-17-13-30(19-8-9-20(31)28-22(19)32)23(33)16(17)6-7-18(21)29(15-4-2-1-3-5-15)12-14-10-24(26,27)11-14/h6-7,14-15,19H,1-5,8-13H2,(H,28,31,32). The Hall–Kier alpha value is -2.58. The highest BCUT2D eigenvalue weighted by molar-refractivity contribution is 6.05. The van der Waals surface area contributed by atoms with E-state index in [-0.39, 0.29) is 61.2 Å². The van der Waals surface area contributed by atoms with Crippen LogP contribution in [0.4, 0.5) is 18.9 Å². The zero-order chi connectivity index (χ0) is 23.3. The van der Waals surface area contributed by atoms with E-state index in [1.807, 2.05) is 4.90 Å². The van der Waals surface area contributed by atoms with Crippen LogP contribution in [0.15, 0.2) is 12.1 Å². The molecule has 5 rings (SSSR count). The number of hydrogen-bond donors (Lipinski definition) is 1. The molecule has 2 saturated carbocycles. The van der Waals surface area contributed by atoms with E-state index in [0.29, 0.717) is 12.2 Å². The molecule has 0 spiro atoms. The molecule has 9 heteroatoms. The topological polar surface area (TPSA) is 69.7 Å². The summed E-state index contributed by atoms with van der Waals surface area (Å²) in [6.07, 6.45) is 4.94. The van der Waals surface area contributed by atoms with Crippen LogP contribution in [0.3, 0.4) is 0 Å². The van der Waals surface area contributed by atoms with Gasteiger partial charge in [-0.05, 0) is 37.3 Å². The Kier molecular flexibility index (Phi) is 5.61. The minimum Gasteiger partial charge on any atom is -0.366 e. The number of amides is 3. The van der Waals surface area contributed by atoms with E-state index in [9.17, 15) is 23.2 Å². The second-order valence-corrected chi connectivity index (χ2v) is 9.90. The van der Waals surface area contributed by atoms with Crippen molar-refractivity contribution in [3.8, 4) is 0 Å². The number of carbonyl (C=O) groups excluding carboxylic acids is 3. The lowest BCUT2D eigenvalue weighted by Crippen LogP contribution is -2.52. The van der Waals surface area contributed by atoms with Crippen molar-refractivity contribution in [2.45, 2.75) is 82.3 Å². The zero-order valence-electron chi connectivity index (χ0n) is 18.4. The fraction of sp³-hybridized carbons (Fsp3) is 0.625. The summed E-state index contributed by atoms with van der Waals surface area (Å²) in [7, 11) is 0. The normalized spacial score (nSPS) is 25.6. The quantitative estimate of drug-likeness (QED) is 0.675. The first-order chi connectivity index (χ1) is 15.7. The Balaban J connectivity index is 1.41. The third-order valence-electron chi connectivity index (χ3n) is 7.58. The molecule has 0 radical (unpaired) electrons. The lowest BCUT2D eigenvalue weighted by Gasteiger charge is -2.43. The molecule has 1 unspecified atom stereocenters. The Morgan fingerprint density at radius 3 is 2.45 bits per heavy atom. The second kappa shape index (κ2) is 8.33. The van der Waals surface area contributed by atoms with Crippen molar-refractivity contribution in [1.29, 1.82) is 0 Å². The molecule has 2 heterocycles. The maximum Gasteiger partial charge on any atom is 0.255 e. The molecule has 2 aliphatic carbocycles. The minimum atomic E-state index is -2.63. The monoisotopic (exact) mass is 463 g/mol. The third-order valence-corrected chi connectivity index (χ3v) is 7.58.